The van der Waals surface area contributed by atoms with Gasteiger partial charge < -0.3 is 9.73 Å². The summed E-state index contributed by atoms with van der Waals surface area (Å²) in [5, 5.41) is 4.01. The molecule has 1 N–H and O–H groups in total. The van der Waals surface area contributed by atoms with Gasteiger partial charge in [0.1, 0.15) is 11.3 Å². The fourth-order valence-electron chi connectivity index (χ4n) is 1.76. The standard InChI is InChI=1S/C13H14F3NOS/c1-9(17-6-7-19-13(14,15)16)12-8-10-4-2-3-5-11(10)18-12/h2-5,8-9,17H,6-7H2,1H3. The maximum atomic E-state index is 12.0. The van der Waals surface area contributed by atoms with Crippen LogP contribution in [0.15, 0.2) is 34.7 Å². The first-order valence-corrected chi connectivity index (χ1v) is 6.87. The molecule has 0 saturated carbocycles. The molecule has 0 fully saturated rings. The molecule has 19 heavy (non-hydrogen) atoms. The maximum Gasteiger partial charge on any atom is 0.441 e. The molecule has 0 spiro atoms. The van der Waals surface area contributed by atoms with Gasteiger partial charge >= 0.3 is 5.51 Å². The van der Waals surface area contributed by atoms with Crippen molar-refractivity contribution < 1.29 is 17.6 Å². The first kappa shape index (κ1) is 14.3. The van der Waals surface area contributed by atoms with Crippen molar-refractivity contribution in [2.75, 3.05) is 12.3 Å². The van der Waals surface area contributed by atoms with E-state index in [0.29, 0.717) is 0 Å². The topological polar surface area (TPSA) is 25.2 Å². The first-order valence-electron chi connectivity index (χ1n) is 5.88. The van der Waals surface area contributed by atoms with E-state index in [4.69, 9.17) is 4.42 Å². The summed E-state index contributed by atoms with van der Waals surface area (Å²) in [5.41, 5.74) is -3.37. The fraction of sp³-hybridized carbons (Fsp3) is 0.385. The number of nitrogens with one attached hydrogen (secondary N) is 1. The molecular formula is C13H14F3NOS. The zero-order chi connectivity index (χ0) is 13.9. The van der Waals surface area contributed by atoms with Crippen molar-refractivity contribution in [1.29, 1.82) is 0 Å². The molecule has 1 unspecified atom stereocenters. The molecule has 0 aliphatic heterocycles. The second-order valence-electron chi connectivity index (χ2n) is 4.16. The van der Waals surface area contributed by atoms with Crippen LogP contribution in [0.2, 0.25) is 0 Å². The third-order valence-electron chi connectivity index (χ3n) is 2.69. The van der Waals surface area contributed by atoms with Gasteiger partial charge in [0, 0.05) is 17.7 Å². The molecule has 6 heteroatoms. The molecule has 104 valence electrons. The van der Waals surface area contributed by atoms with Gasteiger partial charge in [0.05, 0.1) is 6.04 Å². The number of thioether (sulfide) groups is 1. The highest BCUT2D eigenvalue weighted by Crippen LogP contribution is 2.29. The summed E-state index contributed by atoms with van der Waals surface area (Å²) in [4.78, 5) is 0. The van der Waals surface area contributed by atoms with Crippen LogP contribution in [0.3, 0.4) is 0 Å². The van der Waals surface area contributed by atoms with E-state index >= 15 is 0 Å². The van der Waals surface area contributed by atoms with E-state index in [9.17, 15) is 13.2 Å². The third-order valence-corrected chi connectivity index (χ3v) is 3.43. The molecule has 0 saturated heterocycles. The summed E-state index contributed by atoms with van der Waals surface area (Å²) >= 11 is -0.0173. The smallest absolute Gasteiger partial charge is 0.441 e. The summed E-state index contributed by atoms with van der Waals surface area (Å²) in [6.07, 6.45) is 0. The SMILES string of the molecule is CC(NCCSC(F)(F)F)c1cc2ccccc2o1. The Hall–Kier alpha value is -1.14. The van der Waals surface area contributed by atoms with Gasteiger partial charge in [0.15, 0.2) is 0 Å². The zero-order valence-electron chi connectivity index (χ0n) is 10.3. The van der Waals surface area contributed by atoms with Gasteiger partial charge in [-0.3, -0.25) is 0 Å². The molecule has 1 aromatic carbocycles. The lowest BCUT2D eigenvalue weighted by Gasteiger charge is -2.11. The third kappa shape index (κ3) is 4.18. The Morgan fingerprint density at radius 3 is 2.74 bits per heavy atom. The summed E-state index contributed by atoms with van der Waals surface area (Å²) in [6, 6.07) is 9.40. The van der Waals surface area contributed by atoms with Crippen molar-refractivity contribution in [3.63, 3.8) is 0 Å². The van der Waals surface area contributed by atoms with Crippen molar-refractivity contribution in [3.05, 3.63) is 36.1 Å². The molecule has 0 amide bonds. The predicted octanol–water partition coefficient (Wildman–Crippen LogP) is 4.34. The number of para-hydroxylation sites is 1. The number of furan rings is 1. The molecule has 0 aliphatic carbocycles. The van der Waals surface area contributed by atoms with Gasteiger partial charge in [-0.15, -0.1) is 0 Å². The van der Waals surface area contributed by atoms with Crippen LogP contribution < -0.4 is 5.32 Å². The van der Waals surface area contributed by atoms with Crippen LogP contribution in [-0.4, -0.2) is 17.8 Å². The molecule has 0 radical (unpaired) electrons. The Balaban J connectivity index is 1.87. The number of rotatable bonds is 5. The zero-order valence-corrected chi connectivity index (χ0v) is 11.1. The van der Waals surface area contributed by atoms with Crippen molar-refractivity contribution >= 4 is 22.7 Å². The van der Waals surface area contributed by atoms with Gasteiger partial charge in [0.2, 0.25) is 0 Å². The second-order valence-corrected chi connectivity index (χ2v) is 5.32. The maximum absolute atomic E-state index is 12.0. The first-order chi connectivity index (χ1) is 8.96. The minimum atomic E-state index is -4.16. The van der Waals surface area contributed by atoms with Gasteiger partial charge in [-0.1, -0.05) is 18.2 Å². The quantitative estimate of drug-likeness (QED) is 0.829. The second kappa shape index (κ2) is 5.88. The highest BCUT2D eigenvalue weighted by molar-refractivity contribution is 8.00. The Morgan fingerprint density at radius 1 is 1.32 bits per heavy atom. The van der Waals surface area contributed by atoms with Crippen molar-refractivity contribution in [2.24, 2.45) is 0 Å². The molecule has 2 rings (SSSR count). The van der Waals surface area contributed by atoms with Gasteiger partial charge in [-0.25, -0.2) is 0 Å². The van der Waals surface area contributed by atoms with Crippen LogP contribution in [-0.2, 0) is 0 Å². The van der Waals surface area contributed by atoms with Crippen molar-refractivity contribution in [1.82, 2.24) is 5.32 Å². The van der Waals surface area contributed by atoms with Crippen molar-refractivity contribution in [2.45, 2.75) is 18.5 Å². The monoisotopic (exact) mass is 289 g/mol. The minimum Gasteiger partial charge on any atom is -0.459 e. The summed E-state index contributed by atoms with van der Waals surface area (Å²) < 4.78 is 41.5. The normalized spacial score (nSPS) is 13.9. The van der Waals surface area contributed by atoms with Crippen molar-refractivity contribution in [3.8, 4) is 0 Å². The van der Waals surface area contributed by atoms with Crippen LogP contribution in [0, 0.1) is 0 Å². The highest BCUT2D eigenvalue weighted by atomic mass is 32.2. The Bertz CT molecular complexity index is 505. The molecule has 1 aromatic heterocycles. The predicted molar refractivity (Wildman–Crippen MR) is 71.1 cm³/mol. The van der Waals surface area contributed by atoms with E-state index in [1.54, 1.807) is 0 Å². The molecule has 2 aromatic rings. The molecule has 1 atom stereocenters. The van der Waals surface area contributed by atoms with Gasteiger partial charge in [-0.2, -0.15) is 13.2 Å². The van der Waals surface area contributed by atoms with Crippen LogP contribution in [0.5, 0.6) is 0 Å². The Kier molecular flexibility index (Phi) is 4.42. The highest BCUT2D eigenvalue weighted by Gasteiger charge is 2.27. The van der Waals surface area contributed by atoms with Crippen LogP contribution in [0.1, 0.15) is 18.7 Å². The average Bonchev–Trinajstić information content (AvgIpc) is 2.77. The molecular weight excluding hydrogens is 275 g/mol. The summed E-state index contributed by atoms with van der Waals surface area (Å²) in [6.45, 7) is 2.15. The van der Waals surface area contributed by atoms with E-state index in [1.807, 2.05) is 37.3 Å². The Morgan fingerprint density at radius 2 is 2.05 bits per heavy atom. The molecule has 0 aliphatic rings. The number of fused-ring (bicyclic) bond motifs is 1. The number of alkyl halides is 3. The van der Waals surface area contributed by atoms with Crippen LogP contribution in [0.25, 0.3) is 11.0 Å². The number of hydrogen-bond acceptors (Lipinski definition) is 3. The largest absolute Gasteiger partial charge is 0.459 e. The average molecular weight is 289 g/mol. The van der Waals surface area contributed by atoms with E-state index in [0.717, 1.165) is 16.7 Å². The molecule has 2 nitrogen and oxygen atoms in total. The lowest BCUT2D eigenvalue weighted by molar-refractivity contribution is -0.0327. The van der Waals surface area contributed by atoms with Gasteiger partial charge in [0.25, 0.3) is 0 Å². The minimum absolute atomic E-state index is 0.00588. The van der Waals surface area contributed by atoms with E-state index in [-0.39, 0.29) is 30.1 Å². The molecule has 0 bridgehead atoms. The van der Waals surface area contributed by atoms with E-state index < -0.39 is 5.51 Å². The Labute approximate surface area is 113 Å². The lowest BCUT2D eigenvalue weighted by Crippen LogP contribution is -2.22. The van der Waals surface area contributed by atoms with E-state index in [1.165, 1.54) is 0 Å². The van der Waals surface area contributed by atoms with Crippen LogP contribution in [0.4, 0.5) is 13.2 Å². The lowest BCUT2D eigenvalue weighted by atomic mass is 10.2. The number of halogens is 3. The number of hydrogen-bond donors (Lipinski definition) is 1. The van der Waals surface area contributed by atoms with E-state index in [2.05, 4.69) is 5.32 Å². The summed E-state index contributed by atoms with van der Waals surface area (Å²) in [5.74, 6) is 0.729. The van der Waals surface area contributed by atoms with Crippen LogP contribution >= 0.6 is 11.8 Å². The molecule has 1 heterocycles. The van der Waals surface area contributed by atoms with Gasteiger partial charge in [-0.05, 0) is 30.8 Å². The fourth-order valence-corrected chi connectivity index (χ4v) is 2.21. The number of benzene rings is 1. The summed E-state index contributed by atoms with van der Waals surface area (Å²) in [7, 11) is 0.